The Morgan fingerprint density at radius 3 is 2.74 bits per heavy atom. The third-order valence-corrected chi connectivity index (χ3v) is 3.05. The quantitative estimate of drug-likeness (QED) is 0.756. The Labute approximate surface area is 132 Å². The van der Waals surface area contributed by atoms with Crippen LogP contribution < -0.4 is 10.1 Å². The monoisotopic (exact) mass is 310 g/mol. The average Bonchev–Trinajstić information content (AvgIpc) is 3.03. The fourth-order valence-corrected chi connectivity index (χ4v) is 1.94. The molecular formula is C17H14N2O4. The van der Waals surface area contributed by atoms with E-state index in [0.29, 0.717) is 12.3 Å². The molecule has 0 spiro atoms. The summed E-state index contributed by atoms with van der Waals surface area (Å²) in [5.41, 5.74) is 1.44. The molecule has 3 rings (SSSR count). The van der Waals surface area contributed by atoms with Gasteiger partial charge in [-0.25, -0.2) is 0 Å². The number of nitrogens with one attached hydrogen (secondary N) is 1. The molecule has 0 saturated heterocycles. The molecule has 6 heteroatoms. The standard InChI is InChI=1S/C17H14N2O4/c20-14-8-4-7-13(9-14)18-17(21)15-10-16(19-23-15)22-11-12-5-2-1-3-6-12/h1-10,20H,11H2,(H,18,21). The molecule has 0 atom stereocenters. The number of aromatic hydroxyl groups is 1. The lowest BCUT2D eigenvalue weighted by atomic mass is 10.2. The smallest absolute Gasteiger partial charge is 0.294 e. The molecule has 0 aliphatic rings. The van der Waals surface area contributed by atoms with Gasteiger partial charge in [-0.2, -0.15) is 0 Å². The van der Waals surface area contributed by atoms with E-state index in [4.69, 9.17) is 9.26 Å². The maximum atomic E-state index is 12.0. The van der Waals surface area contributed by atoms with Crippen LogP contribution in [0.5, 0.6) is 11.6 Å². The van der Waals surface area contributed by atoms with Crippen molar-refractivity contribution in [2.45, 2.75) is 6.61 Å². The van der Waals surface area contributed by atoms with Crippen LogP contribution in [-0.2, 0) is 6.61 Å². The molecule has 0 aliphatic carbocycles. The van der Waals surface area contributed by atoms with Gasteiger partial charge in [0.05, 0.1) is 6.07 Å². The Morgan fingerprint density at radius 2 is 1.96 bits per heavy atom. The molecule has 3 aromatic rings. The van der Waals surface area contributed by atoms with Crippen molar-refractivity contribution in [3.05, 3.63) is 72.0 Å². The summed E-state index contributed by atoms with van der Waals surface area (Å²) in [4.78, 5) is 12.0. The first-order valence-corrected chi connectivity index (χ1v) is 6.94. The molecule has 1 amide bonds. The van der Waals surface area contributed by atoms with Crippen LogP contribution in [0.25, 0.3) is 0 Å². The van der Waals surface area contributed by atoms with E-state index in [2.05, 4.69) is 10.5 Å². The van der Waals surface area contributed by atoms with Crippen LogP contribution in [0.2, 0.25) is 0 Å². The second kappa shape index (κ2) is 6.65. The molecule has 2 aromatic carbocycles. The Kier molecular flexibility index (Phi) is 4.24. The van der Waals surface area contributed by atoms with E-state index in [1.807, 2.05) is 30.3 Å². The number of hydrogen-bond donors (Lipinski definition) is 2. The molecule has 0 aliphatic heterocycles. The van der Waals surface area contributed by atoms with Gasteiger partial charge in [0.1, 0.15) is 12.4 Å². The minimum atomic E-state index is -0.474. The number of rotatable bonds is 5. The van der Waals surface area contributed by atoms with E-state index in [-0.39, 0.29) is 17.4 Å². The number of aromatic nitrogens is 1. The molecule has 1 aromatic heterocycles. The molecule has 0 radical (unpaired) electrons. The number of phenolic OH excluding ortho intramolecular Hbond substituents is 1. The Bertz CT molecular complexity index is 799. The second-order valence-corrected chi connectivity index (χ2v) is 4.81. The number of ether oxygens (including phenoxy) is 1. The van der Waals surface area contributed by atoms with Crippen molar-refractivity contribution < 1.29 is 19.2 Å². The number of anilines is 1. The molecule has 1 heterocycles. The number of phenols is 1. The first kappa shape index (κ1) is 14.6. The number of carbonyl (C=O) groups is 1. The molecule has 0 unspecified atom stereocenters. The van der Waals surface area contributed by atoms with Gasteiger partial charge in [0.25, 0.3) is 11.8 Å². The summed E-state index contributed by atoms with van der Waals surface area (Å²) < 4.78 is 10.4. The van der Waals surface area contributed by atoms with E-state index in [1.165, 1.54) is 18.2 Å². The highest BCUT2D eigenvalue weighted by atomic mass is 16.5. The number of benzene rings is 2. The molecule has 2 N–H and O–H groups in total. The van der Waals surface area contributed by atoms with Crippen molar-refractivity contribution in [3.8, 4) is 11.6 Å². The van der Waals surface area contributed by atoms with Crippen LogP contribution >= 0.6 is 0 Å². The van der Waals surface area contributed by atoms with Crippen molar-refractivity contribution in [2.75, 3.05) is 5.32 Å². The van der Waals surface area contributed by atoms with Crippen molar-refractivity contribution in [1.29, 1.82) is 0 Å². The summed E-state index contributed by atoms with van der Waals surface area (Å²) in [5, 5.41) is 15.7. The van der Waals surface area contributed by atoms with Gasteiger partial charge < -0.3 is 19.7 Å². The number of hydrogen-bond acceptors (Lipinski definition) is 5. The Morgan fingerprint density at radius 1 is 1.13 bits per heavy atom. The highest BCUT2D eigenvalue weighted by molar-refractivity contribution is 6.02. The fraction of sp³-hybridized carbons (Fsp3) is 0.0588. The Hall–Kier alpha value is -3.28. The molecular weight excluding hydrogens is 296 g/mol. The molecule has 23 heavy (non-hydrogen) atoms. The number of amides is 1. The van der Waals surface area contributed by atoms with Crippen molar-refractivity contribution in [2.24, 2.45) is 0 Å². The summed E-state index contributed by atoms with van der Waals surface area (Å²) in [5.74, 6) is -0.156. The highest BCUT2D eigenvalue weighted by Crippen LogP contribution is 2.18. The first-order chi connectivity index (χ1) is 11.2. The zero-order valence-electron chi connectivity index (χ0n) is 12.1. The van der Waals surface area contributed by atoms with Crippen molar-refractivity contribution >= 4 is 11.6 Å². The lowest BCUT2D eigenvalue weighted by Crippen LogP contribution is -2.10. The van der Waals surface area contributed by atoms with Crippen LogP contribution in [0, 0.1) is 0 Å². The van der Waals surface area contributed by atoms with Crippen molar-refractivity contribution in [3.63, 3.8) is 0 Å². The van der Waals surface area contributed by atoms with Gasteiger partial charge in [-0.1, -0.05) is 36.4 Å². The summed E-state index contributed by atoms with van der Waals surface area (Å²) in [7, 11) is 0. The van der Waals surface area contributed by atoms with E-state index in [9.17, 15) is 9.90 Å². The zero-order valence-corrected chi connectivity index (χ0v) is 12.1. The summed E-state index contributed by atoms with van der Waals surface area (Å²) in [6, 6.07) is 17.2. The maximum absolute atomic E-state index is 12.0. The van der Waals surface area contributed by atoms with Crippen LogP contribution in [0.4, 0.5) is 5.69 Å². The topological polar surface area (TPSA) is 84.6 Å². The number of carbonyl (C=O) groups excluding carboxylic acids is 1. The Balaban J connectivity index is 1.61. The van der Waals surface area contributed by atoms with E-state index >= 15 is 0 Å². The maximum Gasteiger partial charge on any atom is 0.294 e. The van der Waals surface area contributed by atoms with Gasteiger partial charge in [-0.05, 0) is 22.9 Å². The second-order valence-electron chi connectivity index (χ2n) is 4.81. The minimum Gasteiger partial charge on any atom is -0.508 e. The molecule has 6 nitrogen and oxygen atoms in total. The largest absolute Gasteiger partial charge is 0.508 e. The molecule has 0 bridgehead atoms. The lowest BCUT2D eigenvalue weighted by molar-refractivity contribution is 0.0987. The predicted octanol–water partition coefficient (Wildman–Crippen LogP) is 3.21. The fourth-order valence-electron chi connectivity index (χ4n) is 1.94. The lowest BCUT2D eigenvalue weighted by Gasteiger charge is -2.02. The first-order valence-electron chi connectivity index (χ1n) is 6.94. The summed E-state index contributed by atoms with van der Waals surface area (Å²) in [6.07, 6.45) is 0. The highest BCUT2D eigenvalue weighted by Gasteiger charge is 2.14. The predicted molar refractivity (Wildman–Crippen MR) is 83.3 cm³/mol. The van der Waals surface area contributed by atoms with Crippen molar-refractivity contribution in [1.82, 2.24) is 5.16 Å². The van der Waals surface area contributed by atoms with Gasteiger partial charge in [-0.3, -0.25) is 4.79 Å². The van der Waals surface area contributed by atoms with Gasteiger partial charge in [0, 0.05) is 11.8 Å². The molecule has 116 valence electrons. The average molecular weight is 310 g/mol. The van der Waals surface area contributed by atoms with Gasteiger partial charge in [0.15, 0.2) is 0 Å². The van der Waals surface area contributed by atoms with Gasteiger partial charge in [0.2, 0.25) is 5.76 Å². The van der Waals surface area contributed by atoms with Crippen LogP contribution in [0.1, 0.15) is 16.1 Å². The van der Waals surface area contributed by atoms with Crippen LogP contribution in [0.3, 0.4) is 0 Å². The van der Waals surface area contributed by atoms with Gasteiger partial charge in [-0.15, -0.1) is 0 Å². The normalized spacial score (nSPS) is 10.3. The molecule has 0 saturated carbocycles. The third-order valence-electron chi connectivity index (χ3n) is 3.05. The zero-order chi connectivity index (χ0) is 16.1. The summed E-state index contributed by atoms with van der Waals surface area (Å²) in [6.45, 7) is 0.334. The third kappa shape index (κ3) is 3.88. The molecule has 0 fully saturated rings. The SMILES string of the molecule is O=C(Nc1cccc(O)c1)c1cc(OCc2ccccc2)no1. The van der Waals surface area contributed by atoms with Crippen LogP contribution in [0.15, 0.2) is 65.2 Å². The van der Waals surface area contributed by atoms with E-state index in [1.54, 1.807) is 12.1 Å². The van der Waals surface area contributed by atoms with E-state index < -0.39 is 5.91 Å². The van der Waals surface area contributed by atoms with E-state index in [0.717, 1.165) is 5.56 Å². The minimum absolute atomic E-state index is 0.0244. The summed E-state index contributed by atoms with van der Waals surface area (Å²) >= 11 is 0. The number of nitrogens with zero attached hydrogens (tertiary/aromatic N) is 1. The van der Waals surface area contributed by atoms with Gasteiger partial charge >= 0.3 is 0 Å². The van der Waals surface area contributed by atoms with Crippen LogP contribution in [-0.4, -0.2) is 16.2 Å².